The van der Waals surface area contributed by atoms with E-state index < -0.39 is 0 Å². The molecule has 1 fully saturated rings. The largest absolute Gasteiger partial charge is 0.332 e. The van der Waals surface area contributed by atoms with Gasteiger partial charge in [0, 0.05) is 41.6 Å². The van der Waals surface area contributed by atoms with Gasteiger partial charge in [0.15, 0.2) is 0 Å². The lowest BCUT2D eigenvalue weighted by atomic mass is 10.2. The van der Waals surface area contributed by atoms with Crippen molar-refractivity contribution in [2.24, 2.45) is 0 Å². The summed E-state index contributed by atoms with van der Waals surface area (Å²) in [6.45, 7) is 4.45. The summed E-state index contributed by atoms with van der Waals surface area (Å²) in [7, 11) is 0. The number of thiazole rings is 1. The Balaban J connectivity index is 1.81. The highest BCUT2D eigenvalue weighted by molar-refractivity contribution is 7.13. The minimum Gasteiger partial charge on any atom is -0.332 e. The van der Waals surface area contributed by atoms with E-state index in [1.165, 1.54) is 11.3 Å². The summed E-state index contributed by atoms with van der Waals surface area (Å²) < 4.78 is 0. The third kappa shape index (κ3) is 3.10. The normalized spacial score (nSPS) is 18.8. The van der Waals surface area contributed by atoms with Crippen LogP contribution in [0.15, 0.2) is 29.6 Å². The zero-order chi connectivity index (χ0) is 14.8. The average molecular weight is 322 g/mol. The quantitative estimate of drug-likeness (QED) is 0.925. The van der Waals surface area contributed by atoms with E-state index >= 15 is 0 Å². The number of carbonyl (C=O) groups excluding carboxylic acids is 1. The topological polar surface area (TPSA) is 45.2 Å². The van der Waals surface area contributed by atoms with E-state index in [9.17, 15) is 4.79 Å². The molecule has 1 aromatic heterocycles. The minimum atomic E-state index is 0.0143. The molecule has 1 N–H and O–H groups in total. The van der Waals surface area contributed by atoms with Crippen LogP contribution in [0.25, 0.3) is 10.6 Å². The second-order valence-corrected chi connectivity index (χ2v) is 6.39. The molecule has 110 valence electrons. The number of hydrogen-bond donors (Lipinski definition) is 1. The van der Waals surface area contributed by atoms with Crippen LogP contribution in [0, 0.1) is 0 Å². The van der Waals surface area contributed by atoms with Crippen LogP contribution < -0.4 is 5.32 Å². The molecule has 0 radical (unpaired) electrons. The van der Waals surface area contributed by atoms with Crippen LogP contribution in [0.4, 0.5) is 0 Å². The molecule has 1 aromatic carbocycles. The first-order chi connectivity index (χ1) is 10.1. The molecule has 3 rings (SSSR count). The van der Waals surface area contributed by atoms with Gasteiger partial charge in [-0.15, -0.1) is 11.3 Å². The molecule has 1 atom stereocenters. The van der Waals surface area contributed by atoms with Gasteiger partial charge in [-0.2, -0.15) is 0 Å². The minimum absolute atomic E-state index is 0.0143. The molecule has 0 spiro atoms. The molecule has 0 bridgehead atoms. The Bertz CT molecular complexity index is 641. The number of rotatable bonds is 2. The lowest BCUT2D eigenvalue weighted by molar-refractivity contribution is 0.0650. The highest BCUT2D eigenvalue weighted by atomic mass is 35.5. The zero-order valence-corrected chi connectivity index (χ0v) is 13.2. The Hall–Kier alpha value is -1.43. The summed E-state index contributed by atoms with van der Waals surface area (Å²) in [6.07, 6.45) is 0. The van der Waals surface area contributed by atoms with Crippen molar-refractivity contribution in [1.82, 2.24) is 15.2 Å². The molecule has 4 nitrogen and oxygen atoms in total. The van der Waals surface area contributed by atoms with Gasteiger partial charge >= 0.3 is 0 Å². The van der Waals surface area contributed by atoms with Gasteiger partial charge in [0.1, 0.15) is 10.7 Å². The Labute approximate surface area is 132 Å². The van der Waals surface area contributed by atoms with E-state index in [2.05, 4.69) is 17.2 Å². The van der Waals surface area contributed by atoms with E-state index in [0.29, 0.717) is 10.7 Å². The highest BCUT2D eigenvalue weighted by Gasteiger charge is 2.25. The molecule has 0 unspecified atom stereocenters. The van der Waals surface area contributed by atoms with Crippen molar-refractivity contribution >= 4 is 28.8 Å². The fourth-order valence-corrected chi connectivity index (χ4v) is 3.31. The summed E-state index contributed by atoms with van der Waals surface area (Å²) in [6, 6.07) is 7.70. The first-order valence-electron chi connectivity index (χ1n) is 6.88. The second kappa shape index (κ2) is 6.13. The average Bonchev–Trinajstić information content (AvgIpc) is 2.98. The van der Waals surface area contributed by atoms with Crippen molar-refractivity contribution in [3.8, 4) is 10.6 Å². The molecule has 6 heteroatoms. The molecule has 0 saturated carbocycles. The molecular formula is C15H16ClN3OS. The van der Waals surface area contributed by atoms with Gasteiger partial charge in [0.05, 0.1) is 0 Å². The predicted molar refractivity (Wildman–Crippen MR) is 85.9 cm³/mol. The summed E-state index contributed by atoms with van der Waals surface area (Å²) in [5, 5.41) is 6.66. The lowest BCUT2D eigenvalue weighted by Crippen LogP contribution is -2.52. The monoisotopic (exact) mass is 321 g/mol. The Morgan fingerprint density at radius 2 is 2.19 bits per heavy atom. The van der Waals surface area contributed by atoms with E-state index in [1.54, 1.807) is 0 Å². The second-order valence-electron chi connectivity index (χ2n) is 5.10. The van der Waals surface area contributed by atoms with E-state index in [1.807, 2.05) is 34.5 Å². The summed E-state index contributed by atoms with van der Waals surface area (Å²) >= 11 is 7.37. The summed E-state index contributed by atoms with van der Waals surface area (Å²) in [5.41, 5.74) is 1.51. The molecule has 1 saturated heterocycles. The molecule has 1 amide bonds. The van der Waals surface area contributed by atoms with Crippen molar-refractivity contribution < 1.29 is 4.79 Å². The van der Waals surface area contributed by atoms with Gasteiger partial charge in [-0.25, -0.2) is 4.98 Å². The zero-order valence-electron chi connectivity index (χ0n) is 11.7. The number of amides is 1. The molecule has 2 heterocycles. The molecule has 1 aliphatic heterocycles. The number of piperazine rings is 1. The van der Waals surface area contributed by atoms with Gasteiger partial charge in [-0.3, -0.25) is 4.79 Å². The van der Waals surface area contributed by atoms with Gasteiger partial charge in [0.25, 0.3) is 5.91 Å². The molecule has 1 aliphatic rings. The molecule has 2 aromatic rings. The molecule has 21 heavy (non-hydrogen) atoms. The fraction of sp³-hybridized carbons (Fsp3) is 0.333. The summed E-state index contributed by atoms with van der Waals surface area (Å²) in [5.74, 6) is 0.0143. The van der Waals surface area contributed by atoms with E-state index in [-0.39, 0.29) is 11.9 Å². The fourth-order valence-electron chi connectivity index (χ4n) is 2.39. The maximum atomic E-state index is 12.5. The third-order valence-electron chi connectivity index (χ3n) is 3.58. The van der Waals surface area contributed by atoms with Crippen molar-refractivity contribution in [2.75, 3.05) is 19.6 Å². The first-order valence-corrected chi connectivity index (χ1v) is 8.14. The Morgan fingerprint density at radius 3 is 2.90 bits per heavy atom. The predicted octanol–water partition coefficient (Wildman–Crippen LogP) is 2.90. The van der Waals surface area contributed by atoms with E-state index in [4.69, 9.17) is 11.6 Å². The Morgan fingerprint density at radius 1 is 1.43 bits per heavy atom. The number of hydrogen-bond acceptors (Lipinski definition) is 4. The van der Waals surface area contributed by atoms with Gasteiger partial charge in [0.2, 0.25) is 0 Å². The highest BCUT2D eigenvalue weighted by Crippen LogP contribution is 2.26. The van der Waals surface area contributed by atoms with Crippen molar-refractivity contribution in [3.05, 3.63) is 40.4 Å². The molecule has 0 aliphatic carbocycles. The number of benzene rings is 1. The van der Waals surface area contributed by atoms with Crippen LogP contribution in [-0.4, -0.2) is 41.5 Å². The number of halogens is 1. The van der Waals surface area contributed by atoms with Crippen molar-refractivity contribution in [3.63, 3.8) is 0 Å². The van der Waals surface area contributed by atoms with E-state index in [0.717, 1.165) is 30.2 Å². The number of carbonyl (C=O) groups is 1. The molecular weight excluding hydrogens is 306 g/mol. The smallest absolute Gasteiger partial charge is 0.273 e. The maximum absolute atomic E-state index is 12.5. The van der Waals surface area contributed by atoms with Crippen molar-refractivity contribution in [1.29, 1.82) is 0 Å². The van der Waals surface area contributed by atoms with Gasteiger partial charge < -0.3 is 10.2 Å². The van der Waals surface area contributed by atoms with Crippen LogP contribution in [-0.2, 0) is 0 Å². The number of nitrogens with one attached hydrogen (secondary N) is 1. The summed E-state index contributed by atoms with van der Waals surface area (Å²) in [4.78, 5) is 18.9. The lowest BCUT2D eigenvalue weighted by Gasteiger charge is -2.33. The van der Waals surface area contributed by atoms with Crippen LogP contribution in [0.2, 0.25) is 5.02 Å². The standard InChI is InChI=1S/C15H16ClN3OS/c1-10-8-17-6-7-19(10)15(20)13-9-21-14(18-13)11-2-4-12(16)5-3-11/h2-5,9-10,17H,6-8H2,1H3/t10-/m0/s1. The maximum Gasteiger partial charge on any atom is 0.273 e. The third-order valence-corrected chi connectivity index (χ3v) is 4.72. The van der Waals surface area contributed by atoms with Gasteiger partial charge in [-0.1, -0.05) is 23.7 Å². The van der Waals surface area contributed by atoms with Crippen LogP contribution in [0.5, 0.6) is 0 Å². The number of nitrogens with zero attached hydrogens (tertiary/aromatic N) is 2. The first kappa shape index (κ1) is 14.5. The van der Waals surface area contributed by atoms with Crippen molar-refractivity contribution in [2.45, 2.75) is 13.0 Å². The Kier molecular flexibility index (Phi) is 4.24. The number of aromatic nitrogens is 1. The van der Waals surface area contributed by atoms with Crippen LogP contribution in [0.1, 0.15) is 17.4 Å². The van der Waals surface area contributed by atoms with Gasteiger partial charge in [-0.05, 0) is 19.1 Å². The van der Waals surface area contributed by atoms with Crippen LogP contribution in [0.3, 0.4) is 0 Å². The van der Waals surface area contributed by atoms with Crippen LogP contribution >= 0.6 is 22.9 Å². The SMILES string of the molecule is C[C@H]1CNCCN1C(=O)c1csc(-c2ccc(Cl)cc2)n1.